The van der Waals surface area contributed by atoms with Crippen molar-refractivity contribution in [2.75, 3.05) is 21.3 Å². The predicted octanol–water partition coefficient (Wildman–Crippen LogP) is 6.70. The smallest absolute Gasteiger partial charge is 0.375 e. The maximum Gasteiger partial charge on any atom is 0.416 e. The van der Waals surface area contributed by atoms with Crippen molar-refractivity contribution in [2.45, 2.75) is 31.8 Å². The average Bonchev–Trinajstić information content (AvgIpc) is 3.13. The van der Waals surface area contributed by atoms with Crippen LogP contribution in [-0.4, -0.2) is 45.1 Å². The van der Waals surface area contributed by atoms with Crippen LogP contribution >= 0.6 is 0 Å². The fourth-order valence-corrected chi connectivity index (χ4v) is 5.02. The van der Waals surface area contributed by atoms with Gasteiger partial charge in [-0.3, -0.25) is 19.7 Å². The van der Waals surface area contributed by atoms with E-state index >= 15 is 0 Å². The van der Waals surface area contributed by atoms with Crippen molar-refractivity contribution in [3.8, 4) is 0 Å². The summed E-state index contributed by atoms with van der Waals surface area (Å²) in [5.41, 5.74) is 2.09. The minimum absolute atomic E-state index is 0.187. The molecule has 0 radical (unpaired) electrons. The fraction of sp³-hybridized carbons (Fsp3) is 0.132. The van der Waals surface area contributed by atoms with E-state index < -0.39 is 35.8 Å². The Labute approximate surface area is 297 Å². The van der Waals surface area contributed by atoms with Crippen molar-refractivity contribution in [3.63, 3.8) is 0 Å². The van der Waals surface area contributed by atoms with E-state index in [2.05, 4.69) is 43.1 Å². The lowest BCUT2D eigenvalue weighted by Crippen LogP contribution is -2.46. The second-order valence-corrected chi connectivity index (χ2v) is 11.6. The van der Waals surface area contributed by atoms with Crippen molar-refractivity contribution in [1.29, 1.82) is 0 Å². The number of aromatic nitrogens is 2. The quantitative estimate of drug-likeness (QED) is 0.0583. The second kappa shape index (κ2) is 16.6. The van der Waals surface area contributed by atoms with Gasteiger partial charge >= 0.3 is 6.18 Å². The van der Waals surface area contributed by atoms with E-state index in [0.717, 1.165) is 23.8 Å². The molecule has 1 unspecified atom stereocenters. The van der Waals surface area contributed by atoms with E-state index in [9.17, 15) is 32.7 Å². The summed E-state index contributed by atoms with van der Waals surface area (Å²) in [6.07, 6.45) is -1.28. The number of alkyl halides is 3. The van der Waals surface area contributed by atoms with Gasteiger partial charge in [0.15, 0.2) is 0 Å². The van der Waals surface area contributed by atoms with Crippen molar-refractivity contribution < 1.29 is 32.7 Å². The molecule has 11 nitrogen and oxygen atoms in total. The van der Waals surface area contributed by atoms with Gasteiger partial charge in [-0.05, 0) is 79.1 Å². The van der Waals surface area contributed by atoms with E-state index in [1.807, 2.05) is 30.3 Å². The summed E-state index contributed by atoms with van der Waals surface area (Å²) in [6.45, 7) is 5.25. The largest absolute Gasteiger partial charge is 0.416 e. The molecule has 0 fully saturated rings. The van der Waals surface area contributed by atoms with Crippen molar-refractivity contribution in [1.82, 2.24) is 15.3 Å². The van der Waals surface area contributed by atoms with Crippen LogP contribution in [0.2, 0.25) is 0 Å². The molecule has 0 saturated heterocycles. The molecule has 266 valence electrons. The highest BCUT2D eigenvalue weighted by Crippen LogP contribution is 2.30. The summed E-state index contributed by atoms with van der Waals surface area (Å²) in [6, 6.07) is 24.1. The number of hydrogen-bond donors (Lipinski definition) is 6. The van der Waals surface area contributed by atoms with Gasteiger partial charge < -0.3 is 26.4 Å². The summed E-state index contributed by atoms with van der Waals surface area (Å²) >= 11 is 0. The minimum atomic E-state index is -4.60. The molecule has 3 amide bonds. The van der Waals surface area contributed by atoms with Crippen LogP contribution in [0, 0.1) is 6.92 Å². The van der Waals surface area contributed by atoms with E-state index in [0.29, 0.717) is 23.4 Å². The molecule has 14 heteroatoms. The number of amides is 3. The Kier molecular flexibility index (Phi) is 11.7. The summed E-state index contributed by atoms with van der Waals surface area (Å²) in [5.74, 6) is -1.45. The number of hydrogen-bond acceptors (Lipinski definition) is 8. The molecule has 0 bridgehead atoms. The Morgan fingerprint density at radius 2 is 1.46 bits per heavy atom. The highest BCUT2D eigenvalue weighted by molar-refractivity contribution is 6.08. The zero-order valence-corrected chi connectivity index (χ0v) is 27.7. The number of benzene rings is 4. The third-order valence-electron chi connectivity index (χ3n) is 7.68. The number of rotatable bonds is 13. The second-order valence-electron chi connectivity index (χ2n) is 11.6. The van der Waals surface area contributed by atoms with Gasteiger partial charge in [-0.1, -0.05) is 55.1 Å². The first-order valence-corrected chi connectivity index (χ1v) is 15.9. The van der Waals surface area contributed by atoms with Crippen LogP contribution in [-0.2, 0) is 17.4 Å². The predicted molar refractivity (Wildman–Crippen MR) is 192 cm³/mol. The lowest BCUT2D eigenvalue weighted by atomic mass is 10.0. The molecule has 1 heterocycles. The van der Waals surface area contributed by atoms with Crippen LogP contribution in [0.4, 0.5) is 41.9 Å². The number of aliphatic hydroxyl groups is 1. The van der Waals surface area contributed by atoms with Crippen molar-refractivity contribution in [3.05, 3.63) is 150 Å². The molecular weight excluding hydrogens is 675 g/mol. The summed E-state index contributed by atoms with van der Waals surface area (Å²) in [4.78, 5) is 47.5. The number of aryl methyl sites for hydroxylation is 1. The molecule has 0 aliphatic heterocycles. The highest BCUT2D eigenvalue weighted by Gasteiger charge is 2.31. The van der Waals surface area contributed by atoms with Crippen LogP contribution < -0.4 is 26.6 Å². The molecular formula is C38H34F3N7O4. The van der Waals surface area contributed by atoms with Gasteiger partial charge in [0, 0.05) is 28.2 Å². The van der Waals surface area contributed by atoms with E-state index in [-0.39, 0.29) is 34.4 Å². The maximum absolute atomic E-state index is 13.2. The van der Waals surface area contributed by atoms with E-state index in [1.54, 1.807) is 37.3 Å². The SMILES string of the molecule is C=CC(O)N[C@@H](Cc1ccccc1)C(=O)Nc1cccc(Nc2ncc(NC(=O)c3cc(NC(=O)c4cccc(C(F)(F)F)c4)ccc3C)cn2)c1. The third kappa shape index (κ3) is 10.1. The van der Waals surface area contributed by atoms with Gasteiger partial charge in [0.05, 0.1) is 29.7 Å². The van der Waals surface area contributed by atoms with Crippen LogP contribution in [0.15, 0.2) is 122 Å². The average molecular weight is 710 g/mol. The van der Waals surface area contributed by atoms with Gasteiger partial charge in [0.2, 0.25) is 11.9 Å². The summed E-state index contributed by atoms with van der Waals surface area (Å²) < 4.78 is 39.3. The minimum Gasteiger partial charge on any atom is -0.375 e. The number of carbonyl (C=O) groups is 3. The zero-order valence-electron chi connectivity index (χ0n) is 27.7. The van der Waals surface area contributed by atoms with Gasteiger partial charge in [-0.2, -0.15) is 13.2 Å². The number of anilines is 5. The molecule has 5 aromatic rings. The summed E-state index contributed by atoms with van der Waals surface area (Å²) in [5, 5.41) is 24.1. The molecule has 52 heavy (non-hydrogen) atoms. The number of halogens is 3. The van der Waals surface area contributed by atoms with E-state index in [1.165, 1.54) is 36.7 Å². The zero-order chi connectivity index (χ0) is 37.3. The normalized spacial score (nSPS) is 12.2. The van der Waals surface area contributed by atoms with E-state index in [4.69, 9.17) is 0 Å². The fourth-order valence-electron chi connectivity index (χ4n) is 5.02. The first kappa shape index (κ1) is 36.9. The first-order chi connectivity index (χ1) is 24.9. The van der Waals surface area contributed by atoms with Crippen LogP contribution in [0.1, 0.15) is 37.4 Å². The Hall–Kier alpha value is -6.38. The van der Waals surface area contributed by atoms with Gasteiger partial charge in [-0.15, -0.1) is 0 Å². The maximum atomic E-state index is 13.2. The van der Waals surface area contributed by atoms with Crippen LogP contribution in [0.5, 0.6) is 0 Å². The highest BCUT2D eigenvalue weighted by atomic mass is 19.4. The van der Waals surface area contributed by atoms with Crippen molar-refractivity contribution in [2.24, 2.45) is 0 Å². The molecule has 1 aromatic heterocycles. The van der Waals surface area contributed by atoms with Gasteiger partial charge in [0.25, 0.3) is 11.8 Å². The lowest BCUT2D eigenvalue weighted by Gasteiger charge is -2.21. The topological polar surface area (TPSA) is 157 Å². The molecule has 5 rings (SSSR count). The molecule has 0 saturated carbocycles. The monoisotopic (exact) mass is 709 g/mol. The Morgan fingerprint density at radius 3 is 2.17 bits per heavy atom. The lowest BCUT2D eigenvalue weighted by molar-refractivity contribution is -0.137. The molecule has 0 spiro atoms. The number of nitrogens with one attached hydrogen (secondary N) is 5. The van der Waals surface area contributed by atoms with Crippen LogP contribution in [0.25, 0.3) is 0 Å². The van der Waals surface area contributed by atoms with Crippen LogP contribution in [0.3, 0.4) is 0 Å². The number of nitrogens with zero attached hydrogens (tertiary/aromatic N) is 2. The van der Waals surface area contributed by atoms with Gasteiger partial charge in [0.1, 0.15) is 6.23 Å². The standard InChI is InChI=1S/C38H34F3N7O4/c1-3-33(49)48-32(17-24-9-5-4-6-10-24)36(52)45-27-13-8-14-28(19-27)47-37-42-21-30(22-43-37)46-35(51)31-20-29(16-15-23(31)2)44-34(50)25-11-7-12-26(18-25)38(39,40)41/h3-16,18-22,32-33,48-49H,1,17H2,2H3,(H,44,50)(H,45,52)(H,46,51)(H,42,43,47)/t32-,33?/m0/s1. The first-order valence-electron chi connectivity index (χ1n) is 15.9. The molecule has 4 aromatic carbocycles. The Balaban J connectivity index is 1.20. The van der Waals surface area contributed by atoms with Gasteiger partial charge in [-0.25, -0.2) is 9.97 Å². The van der Waals surface area contributed by atoms with Crippen molar-refractivity contribution >= 4 is 46.4 Å². The third-order valence-corrected chi connectivity index (χ3v) is 7.68. The molecule has 0 aliphatic rings. The Bertz CT molecular complexity index is 2060. The summed E-state index contributed by atoms with van der Waals surface area (Å²) in [7, 11) is 0. The molecule has 6 N–H and O–H groups in total. The number of carbonyl (C=O) groups excluding carboxylic acids is 3. The number of aliphatic hydroxyl groups excluding tert-OH is 1. The molecule has 2 atom stereocenters. The molecule has 0 aliphatic carbocycles. The Morgan fingerprint density at radius 1 is 0.788 bits per heavy atom.